The summed E-state index contributed by atoms with van der Waals surface area (Å²) in [7, 11) is -2.09. The van der Waals surface area contributed by atoms with Crippen LogP contribution in [0.3, 0.4) is 0 Å². The molecule has 1 N–H and O–H groups in total. The van der Waals surface area contributed by atoms with Gasteiger partial charge in [0.1, 0.15) is 5.75 Å². The monoisotopic (exact) mass is 456 g/mol. The zero-order valence-corrected chi connectivity index (χ0v) is 18.6. The second-order valence-corrected chi connectivity index (χ2v) is 9.52. The molecule has 168 valence electrons. The number of rotatable bonds is 6. The maximum absolute atomic E-state index is 13.1. The third-order valence-electron chi connectivity index (χ3n) is 5.32. The lowest BCUT2D eigenvalue weighted by Gasteiger charge is -2.30. The van der Waals surface area contributed by atoms with Gasteiger partial charge in [0.15, 0.2) is 0 Å². The van der Waals surface area contributed by atoms with Gasteiger partial charge in [-0.25, -0.2) is 8.42 Å². The lowest BCUT2D eigenvalue weighted by Crippen LogP contribution is -2.39. The van der Waals surface area contributed by atoms with Crippen LogP contribution in [0.2, 0.25) is 0 Å². The SMILES string of the molecule is COc1ccc(-c2nnc(C3CCCN(S(=O)(=O)c4ccc(NC(C)=O)cc4)C3)o2)cc1. The zero-order valence-electron chi connectivity index (χ0n) is 17.8. The minimum Gasteiger partial charge on any atom is -0.497 e. The number of carbonyl (C=O) groups is 1. The van der Waals surface area contributed by atoms with Crippen LogP contribution in [-0.4, -0.2) is 49.0 Å². The van der Waals surface area contributed by atoms with E-state index < -0.39 is 10.0 Å². The maximum atomic E-state index is 13.1. The number of piperidine rings is 1. The van der Waals surface area contributed by atoms with Crippen molar-refractivity contribution in [3.63, 3.8) is 0 Å². The second-order valence-electron chi connectivity index (χ2n) is 7.58. The van der Waals surface area contributed by atoms with Crippen LogP contribution in [0.1, 0.15) is 31.6 Å². The molecule has 2 aromatic carbocycles. The highest BCUT2D eigenvalue weighted by atomic mass is 32.2. The lowest BCUT2D eigenvalue weighted by molar-refractivity contribution is -0.114. The molecule has 2 heterocycles. The molecule has 1 aromatic heterocycles. The van der Waals surface area contributed by atoms with E-state index in [-0.39, 0.29) is 23.3 Å². The Morgan fingerprint density at radius 1 is 1.12 bits per heavy atom. The van der Waals surface area contributed by atoms with Gasteiger partial charge >= 0.3 is 0 Å². The number of aromatic nitrogens is 2. The summed E-state index contributed by atoms with van der Waals surface area (Å²) in [6.07, 6.45) is 1.45. The van der Waals surface area contributed by atoms with Crippen molar-refractivity contribution in [1.82, 2.24) is 14.5 Å². The number of sulfonamides is 1. The molecule has 1 aliphatic rings. The van der Waals surface area contributed by atoms with Crippen molar-refractivity contribution in [2.45, 2.75) is 30.6 Å². The molecule has 0 spiro atoms. The lowest BCUT2D eigenvalue weighted by atomic mass is 10.00. The summed E-state index contributed by atoms with van der Waals surface area (Å²) in [6, 6.07) is 13.4. The van der Waals surface area contributed by atoms with E-state index in [2.05, 4.69) is 15.5 Å². The quantitative estimate of drug-likeness (QED) is 0.605. The van der Waals surface area contributed by atoms with Crippen LogP contribution in [0.4, 0.5) is 5.69 Å². The number of anilines is 1. The number of benzene rings is 2. The van der Waals surface area contributed by atoms with Crippen LogP contribution in [0.5, 0.6) is 5.75 Å². The van der Waals surface area contributed by atoms with Gasteiger partial charge in [0, 0.05) is 31.3 Å². The van der Waals surface area contributed by atoms with Crippen LogP contribution in [-0.2, 0) is 14.8 Å². The molecule has 1 fully saturated rings. The van der Waals surface area contributed by atoms with Crippen molar-refractivity contribution in [2.24, 2.45) is 0 Å². The summed E-state index contributed by atoms with van der Waals surface area (Å²) in [5, 5.41) is 10.9. The molecule has 1 aliphatic heterocycles. The summed E-state index contributed by atoms with van der Waals surface area (Å²) >= 11 is 0. The Morgan fingerprint density at radius 3 is 2.50 bits per heavy atom. The van der Waals surface area contributed by atoms with E-state index in [0.717, 1.165) is 17.7 Å². The Bertz CT molecular complexity index is 1190. The fourth-order valence-electron chi connectivity index (χ4n) is 3.67. The number of ether oxygens (including phenoxy) is 1. The smallest absolute Gasteiger partial charge is 0.247 e. The second kappa shape index (κ2) is 9.09. The molecule has 32 heavy (non-hydrogen) atoms. The van der Waals surface area contributed by atoms with E-state index in [1.807, 2.05) is 24.3 Å². The number of nitrogens with one attached hydrogen (secondary N) is 1. The average Bonchev–Trinajstić information content (AvgIpc) is 3.30. The number of hydrogen-bond acceptors (Lipinski definition) is 7. The first-order valence-electron chi connectivity index (χ1n) is 10.2. The van der Waals surface area contributed by atoms with E-state index >= 15 is 0 Å². The molecule has 0 aliphatic carbocycles. The van der Waals surface area contributed by atoms with Crippen LogP contribution < -0.4 is 10.1 Å². The van der Waals surface area contributed by atoms with Crippen molar-refractivity contribution in [2.75, 3.05) is 25.5 Å². The molecule has 1 unspecified atom stereocenters. The van der Waals surface area contributed by atoms with Gasteiger partial charge in [-0.3, -0.25) is 4.79 Å². The standard InChI is InChI=1S/C22H24N4O5S/c1-15(27)23-18-7-11-20(12-8-18)32(28,29)26-13-3-4-17(14-26)22-25-24-21(31-22)16-5-9-19(30-2)10-6-16/h5-12,17H,3-4,13-14H2,1-2H3,(H,23,27). The van der Waals surface area contributed by atoms with Crippen LogP contribution >= 0.6 is 0 Å². The topological polar surface area (TPSA) is 115 Å². The van der Waals surface area contributed by atoms with Gasteiger partial charge in [0.2, 0.25) is 27.7 Å². The number of carbonyl (C=O) groups excluding carboxylic acids is 1. The summed E-state index contributed by atoms with van der Waals surface area (Å²) in [6.45, 7) is 2.09. The third-order valence-corrected chi connectivity index (χ3v) is 7.20. The van der Waals surface area contributed by atoms with Crippen molar-refractivity contribution in [1.29, 1.82) is 0 Å². The molecule has 0 saturated carbocycles. The Kier molecular flexibility index (Phi) is 6.24. The van der Waals surface area contributed by atoms with E-state index in [0.29, 0.717) is 30.4 Å². The normalized spacial score (nSPS) is 17.1. The van der Waals surface area contributed by atoms with Crippen molar-refractivity contribution in [3.05, 3.63) is 54.4 Å². The Hall–Kier alpha value is -3.24. The van der Waals surface area contributed by atoms with Gasteiger partial charge < -0.3 is 14.5 Å². The van der Waals surface area contributed by atoms with Crippen molar-refractivity contribution in [3.8, 4) is 17.2 Å². The summed E-state index contributed by atoms with van der Waals surface area (Å²) in [5.41, 5.74) is 1.31. The van der Waals surface area contributed by atoms with Gasteiger partial charge in [0.05, 0.1) is 17.9 Å². The van der Waals surface area contributed by atoms with E-state index in [1.165, 1.54) is 23.4 Å². The first-order valence-corrected chi connectivity index (χ1v) is 11.7. The fourth-order valence-corrected chi connectivity index (χ4v) is 5.20. The molecular weight excluding hydrogens is 432 g/mol. The first-order chi connectivity index (χ1) is 15.4. The molecule has 1 atom stereocenters. The zero-order chi connectivity index (χ0) is 22.7. The molecule has 1 amide bonds. The van der Waals surface area contributed by atoms with Gasteiger partial charge in [0.25, 0.3) is 0 Å². The minimum absolute atomic E-state index is 0.178. The predicted molar refractivity (Wildman–Crippen MR) is 118 cm³/mol. The van der Waals surface area contributed by atoms with E-state index in [9.17, 15) is 13.2 Å². The highest BCUT2D eigenvalue weighted by Crippen LogP contribution is 2.31. The summed E-state index contributed by atoms with van der Waals surface area (Å²) in [5.74, 6) is 1.14. The average molecular weight is 457 g/mol. The molecule has 10 heteroatoms. The van der Waals surface area contributed by atoms with Crippen molar-refractivity contribution >= 4 is 21.6 Å². The summed E-state index contributed by atoms with van der Waals surface area (Å²) < 4.78 is 38.8. The Morgan fingerprint density at radius 2 is 1.84 bits per heavy atom. The maximum Gasteiger partial charge on any atom is 0.247 e. The molecule has 3 aromatic rings. The Balaban J connectivity index is 1.49. The van der Waals surface area contributed by atoms with E-state index in [4.69, 9.17) is 9.15 Å². The third kappa shape index (κ3) is 4.66. The molecule has 1 saturated heterocycles. The predicted octanol–water partition coefficient (Wildman–Crippen LogP) is 3.27. The fraction of sp³-hybridized carbons (Fsp3) is 0.318. The van der Waals surface area contributed by atoms with Crippen molar-refractivity contribution < 1.29 is 22.4 Å². The molecule has 4 rings (SSSR count). The van der Waals surface area contributed by atoms with Crippen LogP contribution in [0.15, 0.2) is 57.8 Å². The molecule has 0 bridgehead atoms. The van der Waals surface area contributed by atoms with Crippen LogP contribution in [0, 0.1) is 0 Å². The van der Waals surface area contributed by atoms with Gasteiger partial charge in [-0.15, -0.1) is 10.2 Å². The van der Waals surface area contributed by atoms with Gasteiger partial charge in [-0.1, -0.05) is 0 Å². The molecule has 0 radical (unpaired) electrons. The summed E-state index contributed by atoms with van der Waals surface area (Å²) in [4.78, 5) is 11.3. The highest BCUT2D eigenvalue weighted by Gasteiger charge is 2.33. The number of methoxy groups -OCH3 is 1. The van der Waals surface area contributed by atoms with Gasteiger partial charge in [-0.2, -0.15) is 4.31 Å². The minimum atomic E-state index is -3.68. The Labute approximate surface area is 186 Å². The first kappa shape index (κ1) is 22.0. The molecular formula is C22H24N4O5S. The van der Waals surface area contributed by atoms with Crippen LogP contribution in [0.25, 0.3) is 11.5 Å². The van der Waals surface area contributed by atoms with Gasteiger partial charge in [-0.05, 0) is 61.4 Å². The number of hydrogen-bond donors (Lipinski definition) is 1. The highest BCUT2D eigenvalue weighted by molar-refractivity contribution is 7.89. The largest absolute Gasteiger partial charge is 0.497 e. The molecule has 9 nitrogen and oxygen atoms in total. The number of nitrogens with zero attached hydrogens (tertiary/aromatic N) is 3. The van der Waals surface area contributed by atoms with E-state index in [1.54, 1.807) is 19.2 Å². The number of amides is 1.